The van der Waals surface area contributed by atoms with E-state index in [1.54, 1.807) is 7.11 Å². The summed E-state index contributed by atoms with van der Waals surface area (Å²) in [5.74, 6) is -0.594. The number of nitro groups is 1. The molecule has 1 aromatic carbocycles. The van der Waals surface area contributed by atoms with Crippen LogP contribution in [-0.4, -0.2) is 72.3 Å². The van der Waals surface area contributed by atoms with Crippen molar-refractivity contribution >= 4 is 33.1 Å². The van der Waals surface area contributed by atoms with Crippen LogP contribution in [0.4, 0.5) is 18.9 Å². The van der Waals surface area contributed by atoms with E-state index in [2.05, 4.69) is 4.90 Å². The highest BCUT2D eigenvalue weighted by Crippen LogP contribution is 2.38. The quantitative estimate of drug-likeness (QED) is 0.333. The van der Waals surface area contributed by atoms with Gasteiger partial charge in [0, 0.05) is 56.7 Å². The molecule has 3 rings (SSSR count). The molecular formula is C16H18F3N4O5S+. The lowest BCUT2D eigenvalue weighted by Gasteiger charge is -2.33. The molecule has 158 valence electrons. The molecule has 1 amide bonds. The van der Waals surface area contributed by atoms with Crippen molar-refractivity contribution in [3.8, 4) is 0 Å². The van der Waals surface area contributed by atoms with Gasteiger partial charge >= 0.3 is 17.1 Å². The number of thiazole rings is 1. The Kier molecular flexibility index (Phi) is 5.91. The molecule has 1 saturated heterocycles. The van der Waals surface area contributed by atoms with Crippen LogP contribution in [0.15, 0.2) is 12.1 Å². The summed E-state index contributed by atoms with van der Waals surface area (Å²) in [6, 6.07) is 1.000. The molecule has 1 N–H and O–H groups in total. The number of benzene rings is 1. The van der Waals surface area contributed by atoms with E-state index in [0.29, 0.717) is 67.5 Å². The van der Waals surface area contributed by atoms with Crippen LogP contribution >= 0.6 is 11.3 Å². The molecule has 29 heavy (non-hydrogen) atoms. The SMILES string of the molecule is COCCN1CCN(C(=O)c2sc3c([N+](=O)[O-])cc(C(F)(F)F)cc3[n+]2O)CC1. The molecule has 1 fully saturated rings. The summed E-state index contributed by atoms with van der Waals surface area (Å²) in [6.45, 7) is 3.10. The van der Waals surface area contributed by atoms with Crippen LogP contribution in [0.2, 0.25) is 0 Å². The molecule has 0 saturated carbocycles. The maximum atomic E-state index is 13.1. The standard InChI is InChI=1S/C16H18F3N4O5S/c1-28-7-6-20-2-4-21(5-3-20)14(24)15-22(25)11-8-10(16(17,18)19)9-12(23(26)27)13(11)29-15/h8-9,25H,2-7H2,1H3/q+1. The van der Waals surface area contributed by atoms with E-state index in [4.69, 9.17) is 4.74 Å². The fourth-order valence-electron chi connectivity index (χ4n) is 3.07. The largest absolute Gasteiger partial charge is 0.416 e. The van der Waals surface area contributed by atoms with Gasteiger partial charge in [-0.2, -0.15) is 13.2 Å². The highest BCUT2D eigenvalue weighted by molar-refractivity contribution is 7.20. The average molecular weight is 435 g/mol. The fraction of sp³-hybridized carbons (Fsp3) is 0.500. The van der Waals surface area contributed by atoms with Gasteiger partial charge in [-0.25, -0.2) is 0 Å². The second-order valence-corrected chi connectivity index (χ2v) is 7.44. The van der Waals surface area contributed by atoms with Crippen molar-refractivity contribution < 1.29 is 37.6 Å². The van der Waals surface area contributed by atoms with E-state index in [1.165, 1.54) is 4.90 Å². The Morgan fingerprint density at radius 2 is 2.00 bits per heavy atom. The van der Waals surface area contributed by atoms with Crippen LogP contribution in [0.25, 0.3) is 10.2 Å². The number of hydrogen-bond donors (Lipinski definition) is 1. The molecule has 1 aromatic heterocycles. The lowest BCUT2D eigenvalue weighted by molar-refractivity contribution is -0.882. The van der Waals surface area contributed by atoms with Gasteiger partial charge in [0.1, 0.15) is 0 Å². The van der Waals surface area contributed by atoms with Crippen LogP contribution in [0, 0.1) is 10.1 Å². The molecule has 0 unspecified atom stereocenters. The number of carbonyl (C=O) groups excluding carboxylic acids is 1. The summed E-state index contributed by atoms with van der Waals surface area (Å²) >= 11 is 0.594. The number of piperazine rings is 1. The van der Waals surface area contributed by atoms with Gasteiger partial charge in [-0.1, -0.05) is 0 Å². The number of rotatable bonds is 5. The van der Waals surface area contributed by atoms with Gasteiger partial charge in [-0.15, -0.1) is 0 Å². The van der Waals surface area contributed by atoms with Crippen LogP contribution in [0.1, 0.15) is 15.4 Å². The Morgan fingerprint density at radius 3 is 2.55 bits per heavy atom. The number of non-ortho nitro benzene ring substituents is 1. The van der Waals surface area contributed by atoms with E-state index in [9.17, 15) is 33.3 Å². The Labute approximate surface area is 166 Å². The molecule has 2 aromatic rings. The molecule has 9 nitrogen and oxygen atoms in total. The summed E-state index contributed by atoms with van der Waals surface area (Å²) < 4.78 is 44.3. The third-order valence-corrected chi connectivity index (χ3v) is 5.81. The summed E-state index contributed by atoms with van der Waals surface area (Å²) in [4.78, 5) is 26.6. The van der Waals surface area contributed by atoms with E-state index in [-0.39, 0.29) is 9.71 Å². The number of aromatic nitrogens is 1. The van der Waals surface area contributed by atoms with E-state index >= 15 is 0 Å². The lowest BCUT2D eigenvalue weighted by atomic mass is 10.2. The summed E-state index contributed by atoms with van der Waals surface area (Å²) in [6.07, 6.45) is -4.84. The minimum Gasteiger partial charge on any atom is -0.383 e. The minimum atomic E-state index is -4.84. The second-order valence-electron chi connectivity index (χ2n) is 6.44. The number of ether oxygens (including phenoxy) is 1. The van der Waals surface area contributed by atoms with Crippen molar-refractivity contribution in [2.24, 2.45) is 0 Å². The number of carbonyl (C=O) groups is 1. The van der Waals surface area contributed by atoms with Crippen molar-refractivity contribution in [2.75, 3.05) is 46.4 Å². The maximum absolute atomic E-state index is 13.1. The minimum absolute atomic E-state index is 0.201. The Hall–Kier alpha value is -2.51. The van der Waals surface area contributed by atoms with Gasteiger partial charge in [0.05, 0.1) is 17.1 Å². The molecule has 2 heterocycles. The number of nitrogens with zero attached hydrogens (tertiary/aromatic N) is 4. The number of amides is 1. The molecule has 1 aliphatic heterocycles. The van der Waals surface area contributed by atoms with Crippen molar-refractivity contribution in [2.45, 2.75) is 6.18 Å². The van der Waals surface area contributed by atoms with Crippen molar-refractivity contribution in [3.63, 3.8) is 0 Å². The van der Waals surface area contributed by atoms with Gasteiger partial charge in [0.2, 0.25) is 0 Å². The van der Waals surface area contributed by atoms with Crippen LogP contribution < -0.4 is 4.73 Å². The van der Waals surface area contributed by atoms with Gasteiger partial charge in [-0.3, -0.25) is 25.0 Å². The Balaban J connectivity index is 1.92. The molecule has 1 aliphatic rings. The number of fused-ring (bicyclic) bond motifs is 1. The number of alkyl halides is 3. The summed E-state index contributed by atoms with van der Waals surface area (Å²) in [5, 5.41) is 21.3. The Morgan fingerprint density at radius 1 is 1.34 bits per heavy atom. The normalized spacial score (nSPS) is 15.8. The molecule has 0 radical (unpaired) electrons. The molecular weight excluding hydrogens is 417 g/mol. The zero-order valence-corrected chi connectivity index (χ0v) is 16.1. The van der Waals surface area contributed by atoms with Gasteiger partial charge in [0.25, 0.3) is 11.2 Å². The first-order chi connectivity index (χ1) is 13.6. The second kappa shape index (κ2) is 8.08. The Bertz CT molecular complexity index is 941. The zero-order valence-electron chi connectivity index (χ0n) is 15.3. The first kappa shape index (κ1) is 21.2. The zero-order chi connectivity index (χ0) is 21.3. The molecule has 0 spiro atoms. The highest BCUT2D eigenvalue weighted by atomic mass is 32.1. The third-order valence-electron chi connectivity index (χ3n) is 4.65. The van der Waals surface area contributed by atoms with Crippen molar-refractivity contribution in [3.05, 3.63) is 32.8 Å². The smallest absolute Gasteiger partial charge is 0.383 e. The lowest BCUT2D eigenvalue weighted by Crippen LogP contribution is -2.51. The maximum Gasteiger partial charge on any atom is 0.416 e. The van der Waals surface area contributed by atoms with Crippen molar-refractivity contribution in [1.29, 1.82) is 0 Å². The van der Waals surface area contributed by atoms with E-state index in [0.717, 1.165) is 0 Å². The first-order valence-corrected chi connectivity index (χ1v) is 9.39. The number of methoxy groups -OCH3 is 1. The predicted octanol–water partition coefficient (Wildman–Crippen LogP) is 1.76. The van der Waals surface area contributed by atoms with Crippen LogP contribution in [0.5, 0.6) is 0 Å². The highest BCUT2D eigenvalue weighted by Gasteiger charge is 2.40. The number of hydrogen-bond acceptors (Lipinski definition) is 7. The van der Waals surface area contributed by atoms with E-state index < -0.39 is 33.8 Å². The molecule has 0 atom stereocenters. The fourth-order valence-corrected chi connectivity index (χ4v) is 4.16. The molecule has 0 bridgehead atoms. The number of halogens is 3. The molecule has 13 heteroatoms. The summed E-state index contributed by atoms with van der Waals surface area (Å²) in [5.41, 5.74) is -2.52. The first-order valence-electron chi connectivity index (χ1n) is 8.57. The monoisotopic (exact) mass is 435 g/mol. The van der Waals surface area contributed by atoms with Gasteiger partial charge < -0.3 is 9.64 Å². The predicted molar refractivity (Wildman–Crippen MR) is 95.1 cm³/mol. The van der Waals surface area contributed by atoms with Gasteiger partial charge in [-0.05, 0) is 11.3 Å². The van der Waals surface area contributed by atoms with Crippen LogP contribution in [0.3, 0.4) is 0 Å². The third kappa shape index (κ3) is 4.26. The van der Waals surface area contributed by atoms with Crippen molar-refractivity contribution in [1.82, 2.24) is 9.80 Å². The molecule has 0 aliphatic carbocycles. The summed E-state index contributed by atoms with van der Waals surface area (Å²) in [7, 11) is 1.59. The van der Waals surface area contributed by atoms with Gasteiger partial charge in [0.15, 0.2) is 4.70 Å². The van der Waals surface area contributed by atoms with Crippen LogP contribution in [-0.2, 0) is 10.9 Å². The topological polar surface area (TPSA) is 100 Å². The average Bonchev–Trinajstić information content (AvgIpc) is 3.01. The van der Waals surface area contributed by atoms with E-state index in [1.807, 2.05) is 0 Å². The number of nitro benzene ring substituents is 1.